The Hall–Kier alpha value is -0.710. The van der Waals surface area contributed by atoms with Gasteiger partial charge >= 0.3 is 0 Å². The summed E-state index contributed by atoms with van der Waals surface area (Å²) >= 11 is 0. The second kappa shape index (κ2) is 3.93. The van der Waals surface area contributed by atoms with Crippen LogP contribution in [0, 0.1) is 17.3 Å². The highest BCUT2D eigenvalue weighted by molar-refractivity contribution is 5.87. The van der Waals surface area contributed by atoms with Crippen molar-refractivity contribution < 1.29 is 15.0 Å². The minimum absolute atomic E-state index is 0.108. The van der Waals surface area contributed by atoms with Crippen molar-refractivity contribution in [1.82, 2.24) is 4.90 Å². The first-order valence-corrected chi connectivity index (χ1v) is 7.90. The first-order valence-electron chi connectivity index (χ1n) is 7.90. The predicted octanol–water partition coefficient (Wildman–Crippen LogP) is 1.08. The van der Waals surface area contributed by atoms with Gasteiger partial charge in [-0.15, -0.1) is 0 Å². The number of hydrogen-bond acceptors (Lipinski definition) is 4. The fourth-order valence-electron chi connectivity index (χ4n) is 5.63. The zero-order valence-corrected chi connectivity index (χ0v) is 12.0. The highest BCUT2D eigenvalue weighted by Gasteiger charge is 2.70. The van der Waals surface area contributed by atoms with Crippen molar-refractivity contribution >= 4 is 5.78 Å². The van der Waals surface area contributed by atoms with Crippen LogP contribution in [0.3, 0.4) is 0 Å². The van der Waals surface area contributed by atoms with Crippen LogP contribution in [0.15, 0.2) is 11.6 Å². The van der Waals surface area contributed by atoms with Gasteiger partial charge in [-0.05, 0) is 31.3 Å². The molecule has 6 atom stereocenters. The number of carbonyl (C=O) groups excluding carboxylic acids is 1. The van der Waals surface area contributed by atoms with Gasteiger partial charge in [-0.3, -0.25) is 9.69 Å². The van der Waals surface area contributed by atoms with Crippen LogP contribution in [0.5, 0.6) is 0 Å². The summed E-state index contributed by atoms with van der Waals surface area (Å²) in [6.45, 7) is 3.67. The average Bonchev–Trinajstić information content (AvgIpc) is 2.67. The summed E-state index contributed by atoms with van der Waals surface area (Å²) in [6, 6.07) is 0. The number of hydrogen-bond donors (Lipinski definition) is 2. The van der Waals surface area contributed by atoms with Crippen LogP contribution in [0.2, 0.25) is 0 Å². The number of ketones is 1. The van der Waals surface area contributed by atoms with Crippen molar-refractivity contribution in [2.24, 2.45) is 17.3 Å². The molecule has 2 bridgehead atoms. The summed E-state index contributed by atoms with van der Waals surface area (Å²) < 4.78 is 0. The number of nitrogens with zero attached hydrogens (tertiary/aromatic N) is 1. The van der Waals surface area contributed by atoms with Crippen LogP contribution in [0.4, 0.5) is 0 Å². The maximum absolute atomic E-state index is 12.7. The Bertz CT molecular complexity index is 502. The topological polar surface area (TPSA) is 60.8 Å². The molecule has 0 amide bonds. The van der Waals surface area contributed by atoms with Crippen molar-refractivity contribution in [2.45, 2.75) is 50.9 Å². The van der Waals surface area contributed by atoms with Gasteiger partial charge in [-0.25, -0.2) is 0 Å². The molecule has 0 aromatic carbocycles. The van der Waals surface area contributed by atoms with E-state index in [-0.39, 0.29) is 17.6 Å². The first-order chi connectivity index (χ1) is 9.50. The molecular formula is C16H23NO3. The summed E-state index contributed by atoms with van der Waals surface area (Å²) in [6.07, 6.45) is 5.31. The SMILES string of the molecule is C[C@@H]1C[C@@]2(O)N3CCC=C4[C@H](O)C[C@H](C1=O)[C@@]42CCC3. The molecule has 4 rings (SSSR count). The second-order valence-corrected chi connectivity index (χ2v) is 7.14. The maximum Gasteiger partial charge on any atom is 0.140 e. The van der Waals surface area contributed by atoms with Crippen molar-refractivity contribution in [3.63, 3.8) is 0 Å². The molecule has 2 aliphatic heterocycles. The Kier molecular flexibility index (Phi) is 2.55. The molecule has 110 valence electrons. The molecular weight excluding hydrogens is 254 g/mol. The zero-order chi connectivity index (χ0) is 14.1. The van der Waals surface area contributed by atoms with Gasteiger partial charge in [0.25, 0.3) is 0 Å². The lowest BCUT2D eigenvalue weighted by Gasteiger charge is -2.60. The van der Waals surface area contributed by atoms with Gasteiger partial charge in [0.2, 0.25) is 0 Å². The Labute approximate surface area is 119 Å². The third-order valence-electron chi connectivity index (χ3n) is 6.35. The van der Waals surface area contributed by atoms with Gasteiger partial charge in [-0.2, -0.15) is 0 Å². The second-order valence-electron chi connectivity index (χ2n) is 7.14. The van der Waals surface area contributed by atoms with E-state index in [4.69, 9.17) is 0 Å². The molecule has 2 aliphatic carbocycles. The van der Waals surface area contributed by atoms with E-state index in [1.807, 2.05) is 6.92 Å². The van der Waals surface area contributed by atoms with E-state index in [9.17, 15) is 15.0 Å². The Morgan fingerprint density at radius 2 is 2.20 bits per heavy atom. The molecule has 4 heteroatoms. The van der Waals surface area contributed by atoms with E-state index >= 15 is 0 Å². The number of carbonyl (C=O) groups is 1. The summed E-state index contributed by atoms with van der Waals surface area (Å²) in [5, 5.41) is 22.0. The van der Waals surface area contributed by atoms with Crippen LogP contribution in [-0.2, 0) is 4.79 Å². The third kappa shape index (κ3) is 1.26. The lowest BCUT2D eigenvalue weighted by molar-refractivity contribution is -0.236. The van der Waals surface area contributed by atoms with Crippen LogP contribution >= 0.6 is 0 Å². The van der Waals surface area contributed by atoms with Crippen molar-refractivity contribution in [2.75, 3.05) is 13.1 Å². The molecule has 0 radical (unpaired) electrons. The predicted molar refractivity (Wildman–Crippen MR) is 73.8 cm³/mol. The highest BCUT2D eigenvalue weighted by atomic mass is 16.3. The number of aliphatic hydroxyl groups is 2. The normalized spacial score (nSPS) is 54.1. The van der Waals surface area contributed by atoms with Gasteiger partial charge in [0.15, 0.2) is 0 Å². The molecule has 0 aromatic rings. The highest BCUT2D eigenvalue weighted by Crippen LogP contribution is 2.65. The summed E-state index contributed by atoms with van der Waals surface area (Å²) in [5.41, 5.74) is -0.471. The van der Waals surface area contributed by atoms with Crippen molar-refractivity contribution in [3.8, 4) is 0 Å². The first kappa shape index (κ1) is 13.0. The van der Waals surface area contributed by atoms with E-state index < -0.39 is 17.2 Å². The standard InChI is InChI=1S/C16H23NO3/c1-10-9-16(20)15-5-3-7-17(16)6-2-4-11(15)13(18)8-12(15)14(10)19/h4,10,12-13,18,20H,2-3,5-9H2,1H3/t10-,12-,13-,15-,16+/m1/s1. The Balaban J connectivity index is 1.96. The fourth-order valence-corrected chi connectivity index (χ4v) is 5.63. The summed E-state index contributed by atoms with van der Waals surface area (Å²) in [4.78, 5) is 14.9. The number of aliphatic hydroxyl groups excluding tert-OH is 1. The molecule has 1 spiro atoms. The smallest absolute Gasteiger partial charge is 0.140 e. The molecule has 3 fully saturated rings. The fraction of sp³-hybridized carbons (Fsp3) is 0.812. The van der Waals surface area contributed by atoms with Crippen LogP contribution in [0.1, 0.15) is 39.0 Å². The van der Waals surface area contributed by atoms with Crippen LogP contribution in [-0.4, -0.2) is 45.8 Å². The quantitative estimate of drug-likeness (QED) is 0.650. The van der Waals surface area contributed by atoms with Crippen LogP contribution < -0.4 is 0 Å². The molecule has 2 saturated carbocycles. The van der Waals surface area contributed by atoms with Crippen LogP contribution in [0.25, 0.3) is 0 Å². The molecule has 2 N–H and O–H groups in total. The van der Waals surface area contributed by atoms with Crippen molar-refractivity contribution in [1.29, 1.82) is 0 Å². The average molecular weight is 277 g/mol. The minimum Gasteiger partial charge on any atom is -0.389 e. The molecule has 4 aliphatic rings. The number of Topliss-reactive ketones (excluding diaryl/α,β-unsaturated/α-hetero) is 1. The molecule has 1 saturated heterocycles. The van der Waals surface area contributed by atoms with E-state index in [1.165, 1.54) is 0 Å². The summed E-state index contributed by atoms with van der Waals surface area (Å²) in [7, 11) is 0. The molecule has 0 aromatic heterocycles. The van der Waals surface area contributed by atoms with Gasteiger partial charge in [-0.1, -0.05) is 13.0 Å². The third-order valence-corrected chi connectivity index (χ3v) is 6.35. The number of rotatable bonds is 0. The Morgan fingerprint density at radius 1 is 1.40 bits per heavy atom. The molecule has 1 unspecified atom stereocenters. The van der Waals surface area contributed by atoms with Gasteiger partial charge in [0, 0.05) is 36.8 Å². The molecule has 20 heavy (non-hydrogen) atoms. The van der Waals surface area contributed by atoms with Gasteiger partial charge in [0.05, 0.1) is 6.10 Å². The molecule has 2 heterocycles. The van der Waals surface area contributed by atoms with Gasteiger partial charge < -0.3 is 10.2 Å². The van der Waals surface area contributed by atoms with Crippen molar-refractivity contribution in [3.05, 3.63) is 11.6 Å². The van der Waals surface area contributed by atoms with E-state index in [1.54, 1.807) is 0 Å². The maximum atomic E-state index is 12.7. The minimum atomic E-state index is -0.928. The van der Waals surface area contributed by atoms with Gasteiger partial charge in [0.1, 0.15) is 11.5 Å². The van der Waals surface area contributed by atoms with E-state index in [2.05, 4.69) is 11.0 Å². The van der Waals surface area contributed by atoms with E-state index in [0.717, 1.165) is 37.9 Å². The van der Waals surface area contributed by atoms with E-state index in [0.29, 0.717) is 12.8 Å². The Morgan fingerprint density at radius 3 is 3.00 bits per heavy atom. The number of piperidine rings is 1. The summed E-state index contributed by atoms with van der Waals surface area (Å²) in [5.74, 6) is -0.0531. The largest absolute Gasteiger partial charge is 0.389 e. The molecule has 4 nitrogen and oxygen atoms in total. The lowest BCUT2D eigenvalue weighted by Crippen LogP contribution is -2.69. The monoisotopic (exact) mass is 277 g/mol. The zero-order valence-electron chi connectivity index (χ0n) is 12.0. The lowest BCUT2D eigenvalue weighted by atomic mass is 9.54.